The topological polar surface area (TPSA) is 30.5 Å². The molecule has 0 aromatic heterocycles. The van der Waals surface area contributed by atoms with Crippen molar-refractivity contribution in [1.82, 2.24) is 5.32 Å². The second-order valence-electron chi connectivity index (χ2n) is 4.99. The Hall–Kier alpha value is -0.930. The lowest BCUT2D eigenvalue weighted by Crippen LogP contribution is -2.20. The summed E-state index contributed by atoms with van der Waals surface area (Å²) in [7, 11) is 1.96. The molecule has 0 saturated carbocycles. The minimum Gasteiger partial charge on any atom is -0.486 e. The zero-order valence-corrected chi connectivity index (χ0v) is 11.9. The fourth-order valence-corrected chi connectivity index (χ4v) is 2.50. The van der Waals surface area contributed by atoms with Crippen molar-refractivity contribution in [3.63, 3.8) is 0 Å². The van der Waals surface area contributed by atoms with Crippen LogP contribution in [-0.2, 0) is 0 Å². The second kappa shape index (κ2) is 5.81. The van der Waals surface area contributed by atoms with Gasteiger partial charge in [-0.2, -0.15) is 0 Å². The molecule has 0 amide bonds. The Morgan fingerprint density at radius 3 is 2.39 bits per heavy atom. The summed E-state index contributed by atoms with van der Waals surface area (Å²) in [5.74, 6) is 2.14. The zero-order chi connectivity index (χ0) is 13.1. The number of rotatable bonds is 4. The smallest absolute Gasteiger partial charge is 0.162 e. The van der Waals surface area contributed by atoms with Crippen molar-refractivity contribution in [1.29, 1.82) is 0 Å². The molecule has 18 heavy (non-hydrogen) atoms. The van der Waals surface area contributed by atoms with Crippen LogP contribution >= 0.6 is 11.6 Å². The molecule has 0 spiro atoms. The molecule has 1 aliphatic rings. The van der Waals surface area contributed by atoms with Crippen molar-refractivity contribution >= 4 is 11.6 Å². The highest BCUT2D eigenvalue weighted by molar-refractivity contribution is 6.31. The average molecular weight is 270 g/mol. The van der Waals surface area contributed by atoms with Crippen LogP contribution in [-0.4, -0.2) is 20.3 Å². The Morgan fingerprint density at radius 2 is 1.83 bits per heavy atom. The third kappa shape index (κ3) is 2.90. The van der Waals surface area contributed by atoms with Gasteiger partial charge in [0, 0.05) is 17.1 Å². The van der Waals surface area contributed by atoms with Crippen LogP contribution < -0.4 is 14.8 Å². The molecule has 1 N–H and O–H groups in total. The van der Waals surface area contributed by atoms with E-state index in [1.54, 1.807) is 0 Å². The average Bonchev–Trinajstić information content (AvgIpc) is 2.35. The van der Waals surface area contributed by atoms with Crippen molar-refractivity contribution < 1.29 is 9.47 Å². The van der Waals surface area contributed by atoms with Crippen molar-refractivity contribution in [2.24, 2.45) is 5.92 Å². The summed E-state index contributed by atoms with van der Waals surface area (Å²) in [6.07, 6.45) is 1.04. The minimum absolute atomic E-state index is 0.244. The number of halogens is 1. The first-order valence-electron chi connectivity index (χ1n) is 6.38. The van der Waals surface area contributed by atoms with Crippen LogP contribution in [0.5, 0.6) is 11.5 Å². The van der Waals surface area contributed by atoms with Gasteiger partial charge < -0.3 is 14.8 Å². The van der Waals surface area contributed by atoms with Gasteiger partial charge >= 0.3 is 0 Å². The zero-order valence-electron chi connectivity index (χ0n) is 11.1. The van der Waals surface area contributed by atoms with Gasteiger partial charge in [-0.25, -0.2) is 0 Å². The van der Waals surface area contributed by atoms with E-state index in [2.05, 4.69) is 19.2 Å². The first-order valence-corrected chi connectivity index (χ1v) is 6.76. The van der Waals surface area contributed by atoms with E-state index in [1.165, 1.54) is 0 Å². The Bertz CT molecular complexity index is 421. The maximum absolute atomic E-state index is 6.34. The van der Waals surface area contributed by atoms with Crippen LogP contribution in [0.3, 0.4) is 0 Å². The monoisotopic (exact) mass is 269 g/mol. The quantitative estimate of drug-likeness (QED) is 0.909. The molecule has 1 aromatic carbocycles. The maximum Gasteiger partial charge on any atom is 0.162 e. The molecule has 0 aliphatic carbocycles. The predicted molar refractivity (Wildman–Crippen MR) is 73.7 cm³/mol. The fourth-order valence-electron chi connectivity index (χ4n) is 2.22. The Labute approximate surface area is 113 Å². The summed E-state index contributed by atoms with van der Waals surface area (Å²) in [4.78, 5) is 0. The molecule has 0 fully saturated rings. The maximum atomic E-state index is 6.34. The van der Waals surface area contributed by atoms with Crippen molar-refractivity contribution in [3.8, 4) is 11.5 Å². The fraction of sp³-hybridized carbons (Fsp3) is 0.571. The van der Waals surface area contributed by atoms with Gasteiger partial charge in [-0.3, -0.25) is 0 Å². The van der Waals surface area contributed by atoms with E-state index in [4.69, 9.17) is 21.1 Å². The van der Waals surface area contributed by atoms with E-state index in [0.717, 1.165) is 28.5 Å². The number of benzene rings is 1. The number of hydrogen-bond donors (Lipinski definition) is 1. The molecule has 1 aromatic rings. The largest absolute Gasteiger partial charge is 0.486 e. The molecule has 100 valence electrons. The molecular formula is C14H20ClNO2. The molecule has 0 saturated heterocycles. The van der Waals surface area contributed by atoms with Gasteiger partial charge in [-0.05, 0) is 31.0 Å². The summed E-state index contributed by atoms with van der Waals surface area (Å²) < 4.78 is 11.1. The highest BCUT2D eigenvalue weighted by atomic mass is 35.5. The Balaban J connectivity index is 2.31. The van der Waals surface area contributed by atoms with Crippen molar-refractivity contribution in [3.05, 3.63) is 22.7 Å². The van der Waals surface area contributed by atoms with Crippen LogP contribution in [0, 0.1) is 5.92 Å². The van der Waals surface area contributed by atoms with E-state index in [1.807, 2.05) is 19.2 Å². The molecule has 4 heteroatoms. The van der Waals surface area contributed by atoms with E-state index >= 15 is 0 Å². The minimum atomic E-state index is 0.244. The van der Waals surface area contributed by atoms with Crippen LogP contribution in [0.15, 0.2) is 12.1 Å². The van der Waals surface area contributed by atoms with Gasteiger partial charge in [0.15, 0.2) is 11.5 Å². The predicted octanol–water partition coefficient (Wildman–Crippen LogP) is 3.42. The van der Waals surface area contributed by atoms with E-state index in [-0.39, 0.29) is 6.04 Å². The molecule has 1 unspecified atom stereocenters. The third-order valence-electron chi connectivity index (χ3n) is 3.09. The van der Waals surface area contributed by atoms with Gasteiger partial charge in [0.05, 0.1) is 0 Å². The SMILES string of the molecule is CNC(CC(C)C)c1cc2c(cc1Cl)OCCO2. The van der Waals surface area contributed by atoms with Gasteiger partial charge in [0.2, 0.25) is 0 Å². The first-order chi connectivity index (χ1) is 8.61. The Morgan fingerprint density at radius 1 is 1.22 bits per heavy atom. The molecule has 3 nitrogen and oxygen atoms in total. The van der Waals surface area contributed by atoms with Gasteiger partial charge in [0.25, 0.3) is 0 Å². The highest BCUT2D eigenvalue weighted by Gasteiger charge is 2.20. The standard InChI is InChI=1S/C14H20ClNO2/c1-9(2)6-12(16-3)10-7-13-14(8-11(10)15)18-5-4-17-13/h7-9,12,16H,4-6H2,1-3H3. The van der Waals surface area contributed by atoms with Crippen LogP contribution in [0.1, 0.15) is 31.9 Å². The molecule has 1 heterocycles. The number of nitrogens with one attached hydrogen (secondary N) is 1. The Kier molecular flexibility index (Phi) is 4.36. The summed E-state index contributed by atoms with van der Waals surface area (Å²) in [5.41, 5.74) is 1.08. The van der Waals surface area contributed by atoms with Crippen molar-refractivity contribution in [2.45, 2.75) is 26.3 Å². The molecule has 0 radical (unpaired) electrons. The van der Waals surface area contributed by atoms with Gasteiger partial charge in [0.1, 0.15) is 13.2 Å². The first kappa shape index (κ1) is 13.5. The summed E-state index contributed by atoms with van der Waals surface area (Å²) >= 11 is 6.34. The molecule has 0 bridgehead atoms. The van der Waals surface area contributed by atoms with Crippen LogP contribution in [0.4, 0.5) is 0 Å². The van der Waals surface area contributed by atoms with E-state index in [0.29, 0.717) is 19.1 Å². The van der Waals surface area contributed by atoms with E-state index < -0.39 is 0 Å². The summed E-state index contributed by atoms with van der Waals surface area (Å²) in [6, 6.07) is 4.10. The lowest BCUT2D eigenvalue weighted by atomic mass is 9.96. The molecular weight excluding hydrogens is 250 g/mol. The third-order valence-corrected chi connectivity index (χ3v) is 3.42. The van der Waals surface area contributed by atoms with E-state index in [9.17, 15) is 0 Å². The lowest BCUT2D eigenvalue weighted by Gasteiger charge is -2.24. The normalized spacial score (nSPS) is 15.8. The number of ether oxygens (including phenoxy) is 2. The highest BCUT2D eigenvalue weighted by Crippen LogP contribution is 2.38. The van der Waals surface area contributed by atoms with Gasteiger partial charge in [-0.15, -0.1) is 0 Å². The second-order valence-corrected chi connectivity index (χ2v) is 5.40. The lowest BCUT2D eigenvalue weighted by molar-refractivity contribution is 0.171. The van der Waals surface area contributed by atoms with Crippen LogP contribution in [0.2, 0.25) is 5.02 Å². The molecule has 1 atom stereocenters. The number of hydrogen-bond acceptors (Lipinski definition) is 3. The van der Waals surface area contributed by atoms with Gasteiger partial charge in [-0.1, -0.05) is 25.4 Å². The van der Waals surface area contributed by atoms with Crippen LogP contribution in [0.25, 0.3) is 0 Å². The molecule has 2 rings (SSSR count). The van der Waals surface area contributed by atoms with Crippen molar-refractivity contribution in [2.75, 3.05) is 20.3 Å². The summed E-state index contributed by atoms with van der Waals surface area (Å²) in [5, 5.41) is 4.05. The molecule has 1 aliphatic heterocycles. The summed E-state index contributed by atoms with van der Waals surface area (Å²) in [6.45, 7) is 5.60. The number of fused-ring (bicyclic) bond motifs is 1.